The number of para-hydroxylation sites is 1. The van der Waals surface area contributed by atoms with Crippen molar-refractivity contribution in [2.45, 2.75) is 0 Å². The zero-order valence-corrected chi connectivity index (χ0v) is 14.7. The van der Waals surface area contributed by atoms with Gasteiger partial charge in [0.25, 0.3) is 5.91 Å². The van der Waals surface area contributed by atoms with Crippen LogP contribution in [0.1, 0.15) is 10.5 Å². The highest BCUT2D eigenvalue weighted by Crippen LogP contribution is 2.20. The van der Waals surface area contributed by atoms with Gasteiger partial charge >= 0.3 is 0 Å². The van der Waals surface area contributed by atoms with Crippen LogP contribution in [0.3, 0.4) is 0 Å². The van der Waals surface area contributed by atoms with Gasteiger partial charge in [-0.15, -0.1) is 10.2 Å². The summed E-state index contributed by atoms with van der Waals surface area (Å²) in [5.74, 6) is -2.05. The number of carbonyl (C=O) groups is 1. The van der Waals surface area contributed by atoms with Crippen LogP contribution >= 0.6 is 0 Å². The lowest BCUT2D eigenvalue weighted by Gasteiger charge is -2.13. The van der Waals surface area contributed by atoms with Gasteiger partial charge in [0, 0.05) is 25.5 Å². The van der Waals surface area contributed by atoms with Crippen LogP contribution in [0.4, 0.5) is 31.7 Å². The Bertz CT molecular complexity index is 923. The predicted molar refractivity (Wildman–Crippen MR) is 100 cm³/mol. The second kappa shape index (κ2) is 7.77. The smallest absolute Gasteiger partial charge is 0.276 e. The van der Waals surface area contributed by atoms with Gasteiger partial charge in [-0.25, -0.2) is 8.78 Å². The van der Waals surface area contributed by atoms with Crippen LogP contribution in [0.5, 0.6) is 0 Å². The molecule has 1 aromatic heterocycles. The Morgan fingerprint density at radius 1 is 0.926 bits per heavy atom. The lowest BCUT2D eigenvalue weighted by atomic mass is 10.2. The SMILES string of the molecule is CN(C)c1ccc(Nc2ccc(C(=O)Nc3c(F)cccc3F)nn2)cc1. The number of aromatic nitrogens is 2. The molecular weight excluding hydrogens is 352 g/mol. The summed E-state index contributed by atoms with van der Waals surface area (Å²) in [5, 5.41) is 12.9. The van der Waals surface area contributed by atoms with Gasteiger partial charge in [-0.2, -0.15) is 0 Å². The molecule has 1 amide bonds. The minimum Gasteiger partial charge on any atom is -0.378 e. The van der Waals surface area contributed by atoms with Crippen LogP contribution in [0.15, 0.2) is 54.6 Å². The quantitative estimate of drug-likeness (QED) is 0.716. The molecule has 0 aliphatic heterocycles. The number of hydrogen-bond acceptors (Lipinski definition) is 5. The van der Waals surface area contributed by atoms with Gasteiger partial charge in [-0.1, -0.05) is 6.07 Å². The summed E-state index contributed by atoms with van der Waals surface area (Å²) in [7, 11) is 3.90. The van der Waals surface area contributed by atoms with Crippen molar-refractivity contribution in [3.05, 3.63) is 71.9 Å². The van der Waals surface area contributed by atoms with E-state index in [0.717, 1.165) is 23.5 Å². The third-order valence-corrected chi connectivity index (χ3v) is 3.75. The first-order valence-electron chi connectivity index (χ1n) is 8.07. The second-order valence-corrected chi connectivity index (χ2v) is 5.92. The molecule has 0 fully saturated rings. The highest BCUT2D eigenvalue weighted by molar-refractivity contribution is 6.02. The fourth-order valence-electron chi connectivity index (χ4n) is 2.31. The number of amides is 1. The number of rotatable bonds is 5. The molecule has 0 aliphatic rings. The van der Waals surface area contributed by atoms with Crippen LogP contribution < -0.4 is 15.5 Å². The first kappa shape index (κ1) is 18.2. The molecule has 0 spiro atoms. The minimum absolute atomic E-state index is 0.0637. The molecule has 138 valence electrons. The molecule has 0 bridgehead atoms. The fraction of sp³-hybridized carbons (Fsp3) is 0.105. The lowest BCUT2D eigenvalue weighted by molar-refractivity contribution is 0.102. The number of carbonyl (C=O) groups excluding carboxylic acids is 1. The van der Waals surface area contributed by atoms with E-state index in [-0.39, 0.29) is 5.69 Å². The van der Waals surface area contributed by atoms with E-state index in [1.165, 1.54) is 12.1 Å². The molecular formula is C19H17F2N5O. The zero-order chi connectivity index (χ0) is 19.4. The first-order chi connectivity index (χ1) is 12.9. The zero-order valence-electron chi connectivity index (χ0n) is 14.7. The summed E-state index contributed by atoms with van der Waals surface area (Å²) >= 11 is 0. The van der Waals surface area contributed by atoms with Crippen molar-refractivity contribution >= 4 is 28.8 Å². The largest absolute Gasteiger partial charge is 0.378 e. The van der Waals surface area contributed by atoms with Crippen molar-refractivity contribution in [2.75, 3.05) is 29.6 Å². The van der Waals surface area contributed by atoms with E-state index >= 15 is 0 Å². The van der Waals surface area contributed by atoms with Gasteiger partial charge in [0.1, 0.15) is 17.3 Å². The van der Waals surface area contributed by atoms with Crippen molar-refractivity contribution < 1.29 is 13.6 Å². The third kappa shape index (κ3) is 4.35. The van der Waals surface area contributed by atoms with Gasteiger partial charge < -0.3 is 15.5 Å². The summed E-state index contributed by atoms with van der Waals surface area (Å²) in [5.41, 5.74) is 1.28. The number of nitrogens with zero attached hydrogens (tertiary/aromatic N) is 3. The first-order valence-corrected chi connectivity index (χ1v) is 8.07. The highest BCUT2D eigenvalue weighted by Gasteiger charge is 2.14. The maximum Gasteiger partial charge on any atom is 0.276 e. The normalized spacial score (nSPS) is 10.4. The summed E-state index contributed by atoms with van der Waals surface area (Å²) in [4.78, 5) is 14.1. The molecule has 0 saturated heterocycles. The van der Waals surface area contributed by atoms with Crippen LogP contribution in [0, 0.1) is 11.6 Å². The van der Waals surface area contributed by atoms with E-state index in [0.29, 0.717) is 5.82 Å². The van der Waals surface area contributed by atoms with E-state index in [1.54, 1.807) is 6.07 Å². The van der Waals surface area contributed by atoms with E-state index in [2.05, 4.69) is 20.8 Å². The standard InChI is InChI=1S/C19H17F2N5O/c1-26(2)13-8-6-12(7-9-13)22-17-11-10-16(24-25-17)19(27)23-18-14(20)4-3-5-15(18)21/h3-11H,1-2H3,(H,22,25)(H,23,27). The number of anilines is 4. The van der Waals surface area contributed by atoms with E-state index in [1.807, 2.05) is 43.3 Å². The maximum atomic E-state index is 13.6. The van der Waals surface area contributed by atoms with Crippen LogP contribution in [0.25, 0.3) is 0 Å². The predicted octanol–water partition coefficient (Wildman–Crippen LogP) is 3.82. The Labute approximate surface area is 154 Å². The molecule has 2 N–H and O–H groups in total. The molecule has 27 heavy (non-hydrogen) atoms. The minimum atomic E-state index is -0.865. The van der Waals surface area contributed by atoms with Gasteiger partial charge in [-0.05, 0) is 48.5 Å². The van der Waals surface area contributed by atoms with Crippen LogP contribution in [-0.4, -0.2) is 30.2 Å². The molecule has 6 nitrogen and oxygen atoms in total. The monoisotopic (exact) mass is 369 g/mol. The molecule has 0 radical (unpaired) electrons. The topological polar surface area (TPSA) is 70.2 Å². The Morgan fingerprint density at radius 2 is 1.59 bits per heavy atom. The van der Waals surface area contributed by atoms with E-state index in [4.69, 9.17) is 0 Å². The molecule has 0 saturated carbocycles. The summed E-state index contributed by atoms with van der Waals surface area (Å²) in [6.07, 6.45) is 0. The summed E-state index contributed by atoms with van der Waals surface area (Å²) < 4.78 is 27.2. The average molecular weight is 369 g/mol. The van der Waals surface area contributed by atoms with Gasteiger partial charge in [0.2, 0.25) is 0 Å². The number of benzene rings is 2. The molecule has 2 aromatic carbocycles. The Hall–Kier alpha value is -3.55. The van der Waals surface area contributed by atoms with Crippen molar-refractivity contribution in [3.63, 3.8) is 0 Å². The fourth-order valence-corrected chi connectivity index (χ4v) is 2.31. The average Bonchev–Trinajstić information content (AvgIpc) is 2.66. The molecule has 0 atom stereocenters. The van der Waals surface area contributed by atoms with Crippen molar-refractivity contribution in [3.8, 4) is 0 Å². The second-order valence-electron chi connectivity index (χ2n) is 5.92. The Kier molecular flexibility index (Phi) is 5.25. The van der Waals surface area contributed by atoms with E-state index < -0.39 is 23.2 Å². The molecule has 0 aliphatic carbocycles. The van der Waals surface area contributed by atoms with E-state index in [9.17, 15) is 13.6 Å². The van der Waals surface area contributed by atoms with Crippen molar-refractivity contribution in [1.29, 1.82) is 0 Å². The third-order valence-electron chi connectivity index (χ3n) is 3.75. The van der Waals surface area contributed by atoms with Crippen molar-refractivity contribution in [1.82, 2.24) is 10.2 Å². The van der Waals surface area contributed by atoms with Crippen LogP contribution in [0.2, 0.25) is 0 Å². The van der Waals surface area contributed by atoms with Crippen molar-refractivity contribution in [2.24, 2.45) is 0 Å². The Morgan fingerprint density at radius 3 is 2.15 bits per heavy atom. The molecule has 8 heteroatoms. The maximum absolute atomic E-state index is 13.6. The lowest BCUT2D eigenvalue weighted by Crippen LogP contribution is -2.16. The number of hydrogen-bond donors (Lipinski definition) is 2. The number of nitrogens with one attached hydrogen (secondary N) is 2. The van der Waals surface area contributed by atoms with Crippen LogP contribution in [-0.2, 0) is 0 Å². The molecule has 0 unspecified atom stereocenters. The summed E-state index contributed by atoms with van der Waals surface area (Å²) in [6, 6.07) is 14.0. The molecule has 1 heterocycles. The Balaban J connectivity index is 1.68. The van der Waals surface area contributed by atoms with Gasteiger partial charge in [-0.3, -0.25) is 4.79 Å². The van der Waals surface area contributed by atoms with Gasteiger partial charge in [0.15, 0.2) is 11.5 Å². The number of halogens is 2. The molecule has 3 rings (SSSR count). The van der Waals surface area contributed by atoms with Gasteiger partial charge in [0.05, 0.1) is 0 Å². The molecule has 3 aromatic rings. The summed E-state index contributed by atoms with van der Waals surface area (Å²) in [6.45, 7) is 0. The highest BCUT2D eigenvalue weighted by atomic mass is 19.1.